The van der Waals surface area contributed by atoms with E-state index in [1.165, 1.54) is 11.8 Å². The predicted molar refractivity (Wildman–Crippen MR) is 135 cm³/mol. The molecular formula is C24H31N7OS. The number of carbonyl (C=O) groups is 1. The normalized spacial score (nSPS) is 16.3. The summed E-state index contributed by atoms with van der Waals surface area (Å²) < 4.78 is 0. The third kappa shape index (κ3) is 6.72. The van der Waals surface area contributed by atoms with Crippen LogP contribution in [0.3, 0.4) is 0 Å². The fraction of sp³-hybridized carbons (Fsp3) is 0.375. The van der Waals surface area contributed by atoms with Crippen molar-refractivity contribution >= 4 is 35.0 Å². The summed E-state index contributed by atoms with van der Waals surface area (Å²) in [6, 6.07) is 9.82. The maximum Gasteiger partial charge on any atom is 0.227 e. The second kappa shape index (κ2) is 11.2. The molecule has 8 nitrogen and oxygen atoms in total. The number of hydrogen-bond donors (Lipinski definition) is 4. The van der Waals surface area contributed by atoms with Gasteiger partial charge in [-0.2, -0.15) is 0 Å². The fourth-order valence-electron chi connectivity index (χ4n) is 3.47. The topological polar surface area (TPSA) is 94.2 Å². The molecule has 2 fully saturated rings. The van der Waals surface area contributed by atoms with Gasteiger partial charge >= 0.3 is 0 Å². The Balaban J connectivity index is 1.53. The lowest BCUT2D eigenvalue weighted by atomic mass is 10.3. The van der Waals surface area contributed by atoms with E-state index in [9.17, 15) is 4.79 Å². The first-order valence-electron chi connectivity index (χ1n) is 11.4. The van der Waals surface area contributed by atoms with E-state index in [1.54, 1.807) is 6.08 Å². The van der Waals surface area contributed by atoms with Crippen LogP contribution in [0.5, 0.6) is 0 Å². The van der Waals surface area contributed by atoms with E-state index in [-0.39, 0.29) is 11.8 Å². The molecule has 4 rings (SSSR count). The van der Waals surface area contributed by atoms with Gasteiger partial charge in [-0.05, 0) is 61.9 Å². The summed E-state index contributed by atoms with van der Waals surface area (Å²) in [6.07, 6.45) is 5.61. The molecule has 0 unspecified atom stereocenters. The van der Waals surface area contributed by atoms with E-state index >= 15 is 0 Å². The first-order chi connectivity index (χ1) is 16.1. The molecule has 1 aliphatic heterocycles. The Kier molecular flexibility index (Phi) is 7.85. The average Bonchev–Trinajstić information content (AvgIpc) is 3.67. The molecule has 174 valence electrons. The molecule has 1 saturated heterocycles. The largest absolute Gasteiger partial charge is 0.372 e. The van der Waals surface area contributed by atoms with Gasteiger partial charge in [0.1, 0.15) is 17.5 Å². The molecule has 1 aliphatic carbocycles. The van der Waals surface area contributed by atoms with Crippen LogP contribution >= 0.6 is 11.8 Å². The lowest BCUT2D eigenvalue weighted by Gasteiger charge is -2.29. The first-order valence-corrected chi connectivity index (χ1v) is 12.2. The minimum atomic E-state index is 0.113. The highest BCUT2D eigenvalue weighted by molar-refractivity contribution is 7.99. The zero-order chi connectivity index (χ0) is 23.0. The van der Waals surface area contributed by atoms with Crippen molar-refractivity contribution in [2.24, 2.45) is 5.92 Å². The van der Waals surface area contributed by atoms with Gasteiger partial charge in [-0.3, -0.25) is 4.79 Å². The second-order valence-electron chi connectivity index (χ2n) is 7.99. The lowest BCUT2D eigenvalue weighted by molar-refractivity contribution is -0.117. The SMILES string of the molecule is C=C/C=C(\NCC)Nc1cc(N2CCNCC2)nc(Sc2ccc(NC(=O)C3CC3)cc2)n1. The molecule has 1 aromatic heterocycles. The molecule has 2 aliphatic rings. The van der Waals surface area contributed by atoms with E-state index in [1.807, 2.05) is 43.3 Å². The maximum absolute atomic E-state index is 12.0. The van der Waals surface area contributed by atoms with E-state index in [2.05, 4.69) is 32.7 Å². The van der Waals surface area contributed by atoms with Gasteiger partial charge in [0.05, 0.1) is 0 Å². The van der Waals surface area contributed by atoms with Crippen LogP contribution in [-0.2, 0) is 4.79 Å². The van der Waals surface area contributed by atoms with Crippen molar-refractivity contribution in [3.63, 3.8) is 0 Å². The van der Waals surface area contributed by atoms with Crippen molar-refractivity contribution < 1.29 is 4.79 Å². The third-order valence-electron chi connectivity index (χ3n) is 5.33. The number of carbonyl (C=O) groups excluding carboxylic acids is 1. The molecule has 4 N–H and O–H groups in total. The molecule has 0 spiro atoms. The number of rotatable bonds is 10. The van der Waals surface area contributed by atoms with E-state index in [0.717, 1.165) is 73.6 Å². The summed E-state index contributed by atoms with van der Waals surface area (Å²) in [7, 11) is 0. The van der Waals surface area contributed by atoms with Crippen LogP contribution in [0.15, 0.2) is 64.9 Å². The number of anilines is 3. The molecule has 33 heavy (non-hydrogen) atoms. The highest BCUT2D eigenvalue weighted by Crippen LogP contribution is 2.32. The van der Waals surface area contributed by atoms with Gasteiger partial charge in [0.25, 0.3) is 0 Å². The van der Waals surface area contributed by atoms with Crippen LogP contribution in [0.4, 0.5) is 17.3 Å². The number of amides is 1. The van der Waals surface area contributed by atoms with Crippen LogP contribution in [0.1, 0.15) is 19.8 Å². The Morgan fingerprint density at radius 1 is 1.21 bits per heavy atom. The Bertz CT molecular complexity index is 998. The van der Waals surface area contributed by atoms with Crippen LogP contribution in [-0.4, -0.2) is 48.6 Å². The number of aromatic nitrogens is 2. The van der Waals surface area contributed by atoms with Gasteiger partial charge in [0.2, 0.25) is 5.91 Å². The van der Waals surface area contributed by atoms with E-state index in [0.29, 0.717) is 5.16 Å². The molecular weight excluding hydrogens is 434 g/mol. The number of piperazine rings is 1. The van der Waals surface area contributed by atoms with Crippen LogP contribution < -0.4 is 26.2 Å². The maximum atomic E-state index is 12.0. The first kappa shape index (κ1) is 23.1. The molecule has 0 bridgehead atoms. The quantitative estimate of drug-likeness (QED) is 0.313. The number of nitrogens with zero attached hydrogens (tertiary/aromatic N) is 3. The van der Waals surface area contributed by atoms with Crippen molar-refractivity contribution in [2.75, 3.05) is 48.3 Å². The van der Waals surface area contributed by atoms with Gasteiger partial charge in [-0.1, -0.05) is 12.7 Å². The van der Waals surface area contributed by atoms with E-state index in [4.69, 9.17) is 9.97 Å². The Morgan fingerprint density at radius 2 is 1.97 bits per heavy atom. The van der Waals surface area contributed by atoms with Crippen LogP contribution in [0.2, 0.25) is 0 Å². The molecule has 2 aromatic rings. The summed E-state index contributed by atoms with van der Waals surface area (Å²) >= 11 is 1.50. The number of hydrogen-bond acceptors (Lipinski definition) is 8. The Hall–Kier alpha value is -3.04. The highest BCUT2D eigenvalue weighted by atomic mass is 32.2. The smallest absolute Gasteiger partial charge is 0.227 e. The number of allylic oxidation sites excluding steroid dienone is 2. The van der Waals surface area contributed by atoms with Crippen molar-refractivity contribution in [1.82, 2.24) is 20.6 Å². The molecule has 2 heterocycles. The van der Waals surface area contributed by atoms with Gasteiger partial charge in [0, 0.05) is 55.3 Å². The average molecular weight is 466 g/mol. The standard InChI is InChI=1S/C24H31N7OS/c1-3-5-20(26-4-2)28-21-16-22(31-14-12-25-13-15-31)30-24(29-21)33-19-10-8-18(9-11-19)27-23(32)17-6-7-17/h3,5,8-11,16-17,25-26H,1,4,6-7,12-15H2,2H3,(H,27,32)(H,28,29,30)/b20-5+. The van der Waals surface area contributed by atoms with Crippen molar-refractivity contribution in [3.8, 4) is 0 Å². The molecule has 1 amide bonds. The van der Waals surface area contributed by atoms with Crippen LogP contribution in [0, 0.1) is 5.92 Å². The summed E-state index contributed by atoms with van der Waals surface area (Å²) in [6.45, 7) is 10.3. The van der Waals surface area contributed by atoms with E-state index < -0.39 is 0 Å². The molecule has 9 heteroatoms. The van der Waals surface area contributed by atoms with Crippen molar-refractivity contribution in [3.05, 3.63) is 54.9 Å². The third-order valence-corrected chi connectivity index (χ3v) is 6.20. The monoisotopic (exact) mass is 465 g/mol. The zero-order valence-electron chi connectivity index (χ0n) is 18.9. The highest BCUT2D eigenvalue weighted by Gasteiger charge is 2.29. The number of nitrogens with one attached hydrogen (secondary N) is 4. The second-order valence-corrected chi connectivity index (χ2v) is 9.03. The fourth-order valence-corrected chi connectivity index (χ4v) is 4.24. The van der Waals surface area contributed by atoms with Gasteiger partial charge < -0.3 is 26.2 Å². The predicted octanol–water partition coefficient (Wildman–Crippen LogP) is 3.43. The zero-order valence-corrected chi connectivity index (χ0v) is 19.8. The van der Waals surface area contributed by atoms with Gasteiger partial charge in [0.15, 0.2) is 5.16 Å². The van der Waals surface area contributed by atoms with Gasteiger partial charge in [-0.15, -0.1) is 0 Å². The van der Waals surface area contributed by atoms with Gasteiger partial charge in [-0.25, -0.2) is 9.97 Å². The molecule has 0 atom stereocenters. The Morgan fingerprint density at radius 3 is 2.64 bits per heavy atom. The number of benzene rings is 1. The summed E-state index contributed by atoms with van der Waals surface area (Å²) in [5.41, 5.74) is 0.818. The van der Waals surface area contributed by atoms with Crippen molar-refractivity contribution in [1.29, 1.82) is 0 Å². The summed E-state index contributed by atoms with van der Waals surface area (Å²) in [5.74, 6) is 2.77. The van der Waals surface area contributed by atoms with Crippen molar-refractivity contribution in [2.45, 2.75) is 29.8 Å². The van der Waals surface area contributed by atoms with Crippen LogP contribution in [0.25, 0.3) is 0 Å². The molecule has 1 saturated carbocycles. The molecule has 0 radical (unpaired) electrons. The lowest BCUT2D eigenvalue weighted by Crippen LogP contribution is -2.44. The molecule has 1 aromatic carbocycles. The Labute approximate surface area is 199 Å². The summed E-state index contributed by atoms with van der Waals surface area (Å²) in [5, 5.41) is 13.7. The summed E-state index contributed by atoms with van der Waals surface area (Å²) in [4.78, 5) is 24.8. The minimum Gasteiger partial charge on any atom is -0.372 e. The minimum absolute atomic E-state index is 0.113.